The average Bonchev–Trinajstić information content (AvgIpc) is 2.92. The SMILES string of the molecule is NCCc1cccc(C(=O)OCCc2cccs2)c1. The normalized spacial score (nSPS) is 10.4. The van der Waals surface area contributed by atoms with Crippen LogP contribution in [0.2, 0.25) is 0 Å². The lowest BCUT2D eigenvalue weighted by Gasteiger charge is -2.05. The summed E-state index contributed by atoms with van der Waals surface area (Å²) in [6.07, 6.45) is 1.54. The van der Waals surface area contributed by atoms with Crippen LogP contribution in [0.5, 0.6) is 0 Å². The summed E-state index contributed by atoms with van der Waals surface area (Å²) in [6, 6.07) is 11.5. The Morgan fingerprint density at radius 1 is 1.21 bits per heavy atom. The molecule has 2 rings (SSSR count). The minimum atomic E-state index is -0.268. The van der Waals surface area contributed by atoms with Crippen molar-refractivity contribution in [3.05, 3.63) is 57.8 Å². The summed E-state index contributed by atoms with van der Waals surface area (Å²) >= 11 is 1.67. The number of benzene rings is 1. The molecule has 19 heavy (non-hydrogen) atoms. The third-order valence-electron chi connectivity index (χ3n) is 2.76. The molecule has 0 aliphatic heterocycles. The van der Waals surface area contributed by atoms with E-state index in [9.17, 15) is 4.79 Å². The van der Waals surface area contributed by atoms with Gasteiger partial charge in [0, 0.05) is 11.3 Å². The molecule has 0 bridgehead atoms. The van der Waals surface area contributed by atoms with Gasteiger partial charge >= 0.3 is 5.97 Å². The summed E-state index contributed by atoms with van der Waals surface area (Å²) in [5.41, 5.74) is 7.17. The van der Waals surface area contributed by atoms with Crippen LogP contribution in [0.3, 0.4) is 0 Å². The average molecular weight is 275 g/mol. The van der Waals surface area contributed by atoms with E-state index in [-0.39, 0.29) is 5.97 Å². The standard InChI is InChI=1S/C15H17NO2S/c16-8-6-12-3-1-4-13(11-12)15(17)18-9-7-14-5-2-10-19-14/h1-5,10-11H,6-9,16H2. The van der Waals surface area contributed by atoms with Crippen molar-refractivity contribution in [2.24, 2.45) is 5.73 Å². The van der Waals surface area contributed by atoms with Gasteiger partial charge in [-0.3, -0.25) is 0 Å². The van der Waals surface area contributed by atoms with Crippen LogP contribution in [-0.2, 0) is 17.6 Å². The first-order valence-corrected chi connectivity index (χ1v) is 7.16. The van der Waals surface area contributed by atoms with E-state index >= 15 is 0 Å². The number of nitrogens with two attached hydrogens (primary N) is 1. The Labute approximate surface area is 117 Å². The summed E-state index contributed by atoms with van der Waals surface area (Å²) in [7, 11) is 0. The molecule has 100 valence electrons. The largest absolute Gasteiger partial charge is 0.462 e. The monoisotopic (exact) mass is 275 g/mol. The third-order valence-corrected chi connectivity index (χ3v) is 3.69. The van der Waals surface area contributed by atoms with Crippen LogP contribution in [0.1, 0.15) is 20.8 Å². The van der Waals surface area contributed by atoms with Crippen molar-refractivity contribution >= 4 is 17.3 Å². The van der Waals surface area contributed by atoms with Crippen molar-refractivity contribution in [3.63, 3.8) is 0 Å². The van der Waals surface area contributed by atoms with Crippen molar-refractivity contribution in [2.75, 3.05) is 13.2 Å². The summed E-state index contributed by atoms with van der Waals surface area (Å²) in [4.78, 5) is 13.1. The minimum absolute atomic E-state index is 0.268. The van der Waals surface area contributed by atoms with Gasteiger partial charge in [-0.05, 0) is 42.1 Å². The highest BCUT2D eigenvalue weighted by Gasteiger charge is 2.07. The minimum Gasteiger partial charge on any atom is -0.462 e. The van der Waals surface area contributed by atoms with Crippen LogP contribution in [0.25, 0.3) is 0 Å². The molecule has 0 aliphatic rings. The molecule has 1 aromatic heterocycles. The topological polar surface area (TPSA) is 52.3 Å². The Hall–Kier alpha value is -1.65. The van der Waals surface area contributed by atoms with Gasteiger partial charge < -0.3 is 10.5 Å². The maximum absolute atomic E-state index is 11.9. The lowest BCUT2D eigenvalue weighted by Crippen LogP contribution is -2.09. The molecule has 0 amide bonds. The van der Waals surface area contributed by atoms with Crippen molar-refractivity contribution in [2.45, 2.75) is 12.8 Å². The molecule has 4 heteroatoms. The molecule has 0 fully saturated rings. The Morgan fingerprint density at radius 2 is 2.11 bits per heavy atom. The number of ether oxygens (including phenoxy) is 1. The Morgan fingerprint density at radius 3 is 2.84 bits per heavy atom. The van der Waals surface area contributed by atoms with Gasteiger partial charge in [0.2, 0.25) is 0 Å². The molecule has 0 saturated heterocycles. The van der Waals surface area contributed by atoms with E-state index in [0.717, 1.165) is 18.4 Å². The molecule has 0 radical (unpaired) electrons. The van der Waals surface area contributed by atoms with Gasteiger partial charge in [0.1, 0.15) is 0 Å². The fourth-order valence-electron chi connectivity index (χ4n) is 1.80. The molecule has 1 heterocycles. The highest BCUT2D eigenvalue weighted by atomic mass is 32.1. The highest BCUT2D eigenvalue weighted by molar-refractivity contribution is 7.09. The van der Waals surface area contributed by atoms with E-state index < -0.39 is 0 Å². The molecule has 0 saturated carbocycles. The zero-order valence-electron chi connectivity index (χ0n) is 10.7. The van der Waals surface area contributed by atoms with Gasteiger partial charge in [0.15, 0.2) is 0 Å². The van der Waals surface area contributed by atoms with Gasteiger partial charge in [-0.25, -0.2) is 4.79 Å². The number of carbonyl (C=O) groups is 1. The number of esters is 1. The van der Waals surface area contributed by atoms with Crippen LogP contribution in [0.4, 0.5) is 0 Å². The quantitative estimate of drug-likeness (QED) is 0.825. The van der Waals surface area contributed by atoms with E-state index in [4.69, 9.17) is 10.5 Å². The lowest BCUT2D eigenvalue weighted by atomic mass is 10.1. The molecule has 3 nitrogen and oxygen atoms in total. The van der Waals surface area contributed by atoms with E-state index in [1.807, 2.05) is 35.7 Å². The Balaban J connectivity index is 1.87. The maximum Gasteiger partial charge on any atom is 0.338 e. The highest BCUT2D eigenvalue weighted by Crippen LogP contribution is 2.11. The van der Waals surface area contributed by atoms with Crippen molar-refractivity contribution in [1.29, 1.82) is 0 Å². The Bertz CT molecular complexity index is 523. The van der Waals surface area contributed by atoms with Gasteiger partial charge in [-0.15, -0.1) is 11.3 Å². The van der Waals surface area contributed by atoms with Crippen molar-refractivity contribution < 1.29 is 9.53 Å². The van der Waals surface area contributed by atoms with Gasteiger partial charge in [0.25, 0.3) is 0 Å². The van der Waals surface area contributed by atoms with E-state index in [1.54, 1.807) is 17.4 Å². The molecule has 0 aliphatic carbocycles. The van der Waals surface area contributed by atoms with Gasteiger partial charge in [-0.2, -0.15) is 0 Å². The zero-order chi connectivity index (χ0) is 13.5. The maximum atomic E-state index is 11.9. The Kier molecular flexibility index (Phi) is 5.12. The molecule has 1 aromatic carbocycles. The summed E-state index contributed by atoms with van der Waals surface area (Å²) in [6.45, 7) is 0.997. The number of carbonyl (C=O) groups excluding carboxylic acids is 1. The molecule has 2 N–H and O–H groups in total. The summed E-state index contributed by atoms with van der Waals surface area (Å²) in [5, 5.41) is 2.02. The van der Waals surface area contributed by atoms with Crippen LogP contribution in [-0.4, -0.2) is 19.1 Å². The first-order chi connectivity index (χ1) is 9.29. The van der Waals surface area contributed by atoms with Crippen LogP contribution in [0.15, 0.2) is 41.8 Å². The fourth-order valence-corrected chi connectivity index (χ4v) is 2.49. The molecule has 0 atom stereocenters. The summed E-state index contributed by atoms with van der Waals surface area (Å²) in [5.74, 6) is -0.268. The fraction of sp³-hybridized carbons (Fsp3) is 0.267. The van der Waals surface area contributed by atoms with Crippen molar-refractivity contribution in [3.8, 4) is 0 Å². The molecule has 0 unspecified atom stereocenters. The number of hydrogen-bond donors (Lipinski definition) is 1. The number of thiophene rings is 1. The van der Waals surface area contributed by atoms with Crippen LogP contribution < -0.4 is 5.73 Å². The number of hydrogen-bond acceptors (Lipinski definition) is 4. The van der Waals surface area contributed by atoms with Crippen LogP contribution >= 0.6 is 11.3 Å². The molecular formula is C15H17NO2S. The van der Waals surface area contributed by atoms with E-state index in [1.165, 1.54) is 4.88 Å². The molecule has 0 spiro atoms. The van der Waals surface area contributed by atoms with Crippen LogP contribution in [0, 0.1) is 0 Å². The second-order valence-electron chi connectivity index (χ2n) is 4.20. The molecule has 2 aromatic rings. The lowest BCUT2D eigenvalue weighted by molar-refractivity contribution is 0.0510. The predicted octanol–water partition coefficient (Wildman–Crippen LogP) is 2.65. The molecular weight excluding hydrogens is 258 g/mol. The first-order valence-electron chi connectivity index (χ1n) is 6.28. The second kappa shape index (κ2) is 7.07. The van der Waals surface area contributed by atoms with Gasteiger partial charge in [-0.1, -0.05) is 18.2 Å². The smallest absolute Gasteiger partial charge is 0.338 e. The first kappa shape index (κ1) is 13.8. The van der Waals surface area contributed by atoms with E-state index in [0.29, 0.717) is 18.7 Å². The van der Waals surface area contributed by atoms with E-state index in [2.05, 4.69) is 0 Å². The summed E-state index contributed by atoms with van der Waals surface area (Å²) < 4.78 is 5.27. The number of rotatable bonds is 6. The predicted molar refractivity (Wildman–Crippen MR) is 77.5 cm³/mol. The third kappa shape index (κ3) is 4.19. The van der Waals surface area contributed by atoms with Gasteiger partial charge in [0.05, 0.1) is 12.2 Å². The zero-order valence-corrected chi connectivity index (χ0v) is 11.5. The van der Waals surface area contributed by atoms with Crippen molar-refractivity contribution in [1.82, 2.24) is 0 Å². The second-order valence-corrected chi connectivity index (χ2v) is 5.24.